The van der Waals surface area contributed by atoms with Crippen LogP contribution in [0.5, 0.6) is 0 Å². The van der Waals surface area contributed by atoms with Gasteiger partial charge in [0, 0.05) is 5.92 Å². The first-order valence-corrected chi connectivity index (χ1v) is 5.18. The molecule has 13 heavy (non-hydrogen) atoms. The predicted molar refractivity (Wildman–Crippen MR) is 54.0 cm³/mol. The van der Waals surface area contributed by atoms with Gasteiger partial charge in [0.15, 0.2) is 0 Å². The Labute approximate surface area is 80.5 Å². The Morgan fingerprint density at radius 2 is 2.00 bits per heavy atom. The molecule has 1 atom stereocenters. The standard InChI is InChI=1S/C10H20NO2/c1-3-5-6-7-8-9(4-2)10(12)11-13/h9H,3-8H2,1-2H3,(H-,11,12,13)/q-1. The zero-order valence-electron chi connectivity index (χ0n) is 8.64. The molecule has 0 aromatic carbocycles. The van der Waals surface area contributed by atoms with E-state index in [2.05, 4.69) is 6.92 Å². The normalized spacial score (nSPS) is 12.5. The number of amides is 1. The van der Waals surface area contributed by atoms with Crippen molar-refractivity contribution in [2.45, 2.75) is 52.4 Å². The molecular formula is C10H20NO2-. The Morgan fingerprint density at radius 1 is 1.31 bits per heavy atom. The zero-order chi connectivity index (χ0) is 10.1. The molecule has 1 N–H and O–H groups in total. The van der Waals surface area contributed by atoms with Crippen LogP contribution >= 0.6 is 0 Å². The summed E-state index contributed by atoms with van der Waals surface area (Å²) >= 11 is 0. The second-order valence-electron chi connectivity index (χ2n) is 3.42. The quantitative estimate of drug-likeness (QED) is 0.490. The Balaban J connectivity index is 3.53. The van der Waals surface area contributed by atoms with E-state index in [0.717, 1.165) is 19.3 Å². The molecule has 0 fully saturated rings. The molecule has 0 aliphatic carbocycles. The highest BCUT2D eigenvalue weighted by molar-refractivity contribution is 5.78. The predicted octanol–water partition coefficient (Wildman–Crippen LogP) is 2.60. The highest BCUT2D eigenvalue weighted by atomic mass is 16.5. The summed E-state index contributed by atoms with van der Waals surface area (Å²) in [6.45, 7) is 4.10. The Morgan fingerprint density at radius 3 is 2.46 bits per heavy atom. The second-order valence-corrected chi connectivity index (χ2v) is 3.42. The molecule has 0 saturated carbocycles. The number of rotatable bonds is 7. The topological polar surface area (TPSA) is 52.2 Å². The molecular weight excluding hydrogens is 166 g/mol. The van der Waals surface area contributed by atoms with Gasteiger partial charge in [-0.2, -0.15) is 0 Å². The molecule has 0 aromatic rings. The van der Waals surface area contributed by atoms with Gasteiger partial charge in [-0.25, -0.2) is 0 Å². The lowest BCUT2D eigenvalue weighted by atomic mass is 9.98. The third kappa shape index (κ3) is 5.64. The van der Waals surface area contributed by atoms with Crippen molar-refractivity contribution in [1.82, 2.24) is 5.48 Å². The number of nitrogens with one attached hydrogen (secondary N) is 1. The largest absolute Gasteiger partial charge is 0.759 e. The first-order valence-electron chi connectivity index (χ1n) is 5.18. The second kappa shape index (κ2) is 8.05. The molecule has 3 heteroatoms. The van der Waals surface area contributed by atoms with Crippen LogP contribution in [-0.4, -0.2) is 5.91 Å². The maximum atomic E-state index is 11.0. The fraction of sp³-hybridized carbons (Fsp3) is 0.900. The van der Waals surface area contributed by atoms with E-state index in [1.54, 1.807) is 0 Å². The summed E-state index contributed by atoms with van der Waals surface area (Å²) in [5.74, 6) is -0.423. The molecule has 1 amide bonds. The van der Waals surface area contributed by atoms with E-state index >= 15 is 0 Å². The minimum Gasteiger partial charge on any atom is -0.759 e. The summed E-state index contributed by atoms with van der Waals surface area (Å²) in [5, 5.41) is 10.1. The van der Waals surface area contributed by atoms with Gasteiger partial charge < -0.3 is 10.7 Å². The number of hydroxylamine groups is 1. The summed E-state index contributed by atoms with van der Waals surface area (Å²) < 4.78 is 0. The van der Waals surface area contributed by atoms with Crippen LogP contribution in [0.2, 0.25) is 0 Å². The van der Waals surface area contributed by atoms with Crippen molar-refractivity contribution >= 4 is 5.91 Å². The average molecular weight is 186 g/mol. The van der Waals surface area contributed by atoms with Crippen molar-refractivity contribution in [2.24, 2.45) is 5.92 Å². The third-order valence-corrected chi connectivity index (χ3v) is 2.37. The van der Waals surface area contributed by atoms with E-state index in [9.17, 15) is 10.0 Å². The van der Waals surface area contributed by atoms with Gasteiger partial charge in [0.05, 0.1) is 0 Å². The summed E-state index contributed by atoms with van der Waals surface area (Å²) in [7, 11) is 0. The highest BCUT2D eigenvalue weighted by Crippen LogP contribution is 2.14. The lowest BCUT2D eigenvalue weighted by molar-refractivity contribution is -0.124. The van der Waals surface area contributed by atoms with E-state index in [-0.39, 0.29) is 11.8 Å². The SMILES string of the molecule is CCCCCCC(CC)C(=O)N[O-]. The monoisotopic (exact) mass is 186 g/mol. The molecule has 3 nitrogen and oxygen atoms in total. The van der Waals surface area contributed by atoms with Crippen molar-refractivity contribution in [1.29, 1.82) is 0 Å². The minimum absolute atomic E-state index is 0.0747. The number of carbonyl (C=O) groups is 1. The lowest BCUT2D eigenvalue weighted by Gasteiger charge is -2.16. The Bertz CT molecular complexity index is 137. The Kier molecular flexibility index (Phi) is 7.69. The zero-order valence-corrected chi connectivity index (χ0v) is 8.64. The van der Waals surface area contributed by atoms with E-state index in [1.165, 1.54) is 24.7 Å². The molecule has 0 aliphatic rings. The molecule has 0 saturated heterocycles. The van der Waals surface area contributed by atoms with E-state index < -0.39 is 0 Å². The van der Waals surface area contributed by atoms with Crippen LogP contribution in [0.15, 0.2) is 0 Å². The van der Waals surface area contributed by atoms with Gasteiger partial charge in [-0.3, -0.25) is 4.79 Å². The summed E-state index contributed by atoms with van der Waals surface area (Å²) in [5.41, 5.74) is 1.47. The van der Waals surface area contributed by atoms with Crippen molar-refractivity contribution in [3.05, 3.63) is 5.21 Å². The van der Waals surface area contributed by atoms with Gasteiger partial charge in [-0.1, -0.05) is 39.5 Å². The lowest BCUT2D eigenvalue weighted by Crippen LogP contribution is -2.25. The van der Waals surface area contributed by atoms with Crippen LogP contribution in [0, 0.1) is 11.1 Å². The molecule has 1 unspecified atom stereocenters. The van der Waals surface area contributed by atoms with Crippen LogP contribution in [0.1, 0.15) is 52.4 Å². The van der Waals surface area contributed by atoms with Crippen LogP contribution < -0.4 is 5.48 Å². The van der Waals surface area contributed by atoms with Crippen molar-refractivity contribution < 1.29 is 4.79 Å². The molecule has 0 aromatic heterocycles. The third-order valence-electron chi connectivity index (χ3n) is 2.37. The number of unbranched alkanes of at least 4 members (excludes halogenated alkanes) is 3. The number of hydrogen-bond acceptors (Lipinski definition) is 2. The van der Waals surface area contributed by atoms with Gasteiger partial charge in [-0.05, 0) is 12.8 Å². The van der Waals surface area contributed by atoms with Crippen LogP contribution in [0.25, 0.3) is 0 Å². The fourth-order valence-electron chi connectivity index (χ4n) is 1.42. The number of carbonyl (C=O) groups excluding carboxylic acids is 1. The Hall–Kier alpha value is -0.570. The molecule has 0 radical (unpaired) electrons. The number of hydrogen-bond donors (Lipinski definition) is 1. The van der Waals surface area contributed by atoms with Crippen molar-refractivity contribution in [2.75, 3.05) is 0 Å². The van der Waals surface area contributed by atoms with Gasteiger partial charge in [-0.15, -0.1) is 0 Å². The van der Waals surface area contributed by atoms with Gasteiger partial charge in [0.25, 0.3) is 0 Å². The van der Waals surface area contributed by atoms with Gasteiger partial charge in [0.1, 0.15) is 0 Å². The first kappa shape index (κ1) is 12.4. The van der Waals surface area contributed by atoms with Gasteiger partial charge in [0.2, 0.25) is 5.91 Å². The van der Waals surface area contributed by atoms with Crippen molar-refractivity contribution in [3.8, 4) is 0 Å². The fourth-order valence-corrected chi connectivity index (χ4v) is 1.42. The maximum absolute atomic E-state index is 11.0. The van der Waals surface area contributed by atoms with Gasteiger partial charge >= 0.3 is 0 Å². The van der Waals surface area contributed by atoms with E-state index in [1.807, 2.05) is 6.92 Å². The van der Waals surface area contributed by atoms with Crippen LogP contribution in [0.3, 0.4) is 0 Å². The van der Waals surface area contributed by atoms with Crippen LogP contribution in [0.4, 0.5) is 0 Å². The highest BCUT2D eigenvalue weighted by Gasteiger charge is 2.12. The summed E-state index contributed by atoms with van der Waals surface area (Å²) in [6, 6.07) is 0. The molecule has 0 heterocycles. The molecule has 0 bridgehead atoms. The molecule has 0 rings (SSSR count). The summed E-state index contributed by atoms with van der Waals surface area (Å²) in [6.07, 6.45) is 6.25. The first-order chi connectivity index (χ1) is 6.26. The van der Waals surface area contributed by atoms with Crippen LogP contribution in [-0.2, 0) is 4.79 Å². The summed E-state index contributed by atoms with van der Waals surface area (Å²) in [4.78, 5) is 11.0. The maximum Gasteiger partial charge on any atom is 0.212 e. The van der Waals surface area contributed by atoms with E-state index in [0.29, 0.717) is 0 Å². The molecule has 0 spiro atoms. The molecule has 78 valence electrons. The minimum atomic E-state index is -0.348. The van der Waals surface area contributed by atoms with E-state index in [4.69, 9.17) is 0 Å². The van der Waals surface area contributed by atoms with Crippen molar-refractivity contribution in [3.63, 3.8) is 0 Å². The molecule has 0 aliphatic heterocycles. The average Bonchev–Trinajstić information content (AvgIpc) is 2.17. The smallest absolute Gasteiger partial charge is 0.212 e.